The summed E-state index contributed by atoms with van der Waals surface area (Å²) in [4.78, 5) is 8.74. The van der Waals surface area contributed by atoms with Crippen molar-refractivity contribution >= 4 is 29.9 Å². The minimum atomic E-state index is -0.180. The highest BCUT2D eigenvalue weighted by Crippen LogP contribution is 2.47. The Morgan fingerprint density at radius 2 is 2.07 bits per heavy atom. The lowest BCUT2D eigenvalue weighted by Gasteiger charge is -2.19. The lowest BCUT2D eigenvalue weighted by molar-refractivity contribution is 0.397. The van der Waals surface area contributed by atoms with Gasteiger partial charge in [-0.2, -0.15) is 0 Å². The van der Waals surface area contributed by atoms with Crippen molar-refractivity contribution in [1.82, 2.24) is 15.6 Å². The molecular formula is C20H26FIN4O. The molecule has 1 aromatic carbocycles. The molecular weight excluding hydrogens is 458 g/mol. The van der Waals surface area contributed by atoms with Gasteiger partial charge in [-0.3, -0.25) is 0 Å². The van der Waals surface area contributed by atoms with Gasteiger partial charge in [0.05, 0.1) is 13.7 Å². The normalized spacial score (nSPS) is 14.9. The summed E-state index contributed by atoms with van der Waals surface area (Å²) in [6.07, 6.45) is 3.84. The van der Waals surface area contributed by atoms with Crippen LogP contribution in [-0.2, 0) is 12.0 Å². The van der Waals surface area contributed by atoms with Crippen molar-refractivity contribution in [2.45, 2.75) is 31.7 Å². The van der Waals surface area contributed by atoms with Gasteiger partial charge in [-0.25, -0.2) is 14.4 Å². The second-order valence-electron chi connectivity index (χ2n) is 6.55. The number of benzene rings is 1. The summed E-state index contributed by atoms with van der Waals surface area (Å²) >= 11 is 0. The summed E-state index contributed by atoms with van der Waals surface area (Å²) in [5.41, 5.74) is 2.10. The highest BCUT2D eigenvalue weighted by atomic mass is 127. The largest absolute Gasteiger partial charge is 0.481 e. The number of methoxy groups -OCH3 is 1. The first-order chi connectivity index (χ1) is 12.6. The highest BCUT2D eigenvalue weighted by molar-refractivity contribution is 14.0. The van der Waals surface area contributed by atoms with E-state index in [1.807, 2.05) is 25.1 Å². The number of rotatable bonds is 7. The van der Waals surface area contributed by atoms with Crippen molar-refractivity contribution in [3.63, 3.8) is 0 Å². The van der Waals surface area contributed by atoms with E-state index in [-0.39, 0.29) is 35.2 Å². The Kier molecular flexibility index (Phi) is 7.82. The smallest absolute Gasteiger partial charge is 0.213 e. The molecule has 1 saturated carbocycles. The molecule has 3 rings (SSSR count). The maximum absolute atomic E-state index is 13.5. The number of nitrogens with one attached hydrogen (secondary N) is 2. The number of nitrogens with zero attached hydrogens (tertiary/aromatic N) is 2. The van der Waals surface area contributed by atoms with Gasteiger partial charge in [0.15, 0.2) is 5.96 Å². The van der Waals surface area contributed by atoms with E-state index in [1.54, 1.807) is 25.4 Å². The van der Waals surface area contributed by atoms with E-state index >= 15 is 0 Å². The van der Waals surface area contributed by atoms with Crippen LogP contribution in [0.5, 0.6) is 5.88 Å². The van der Waals surface area contributed by atoms with Crippen LogP contribution in [0, 0.1) is 5.82 Å². The van der Waals surface area contributed by atoms with Gasteiger partial charge in [0, 0.05) is 30.8 Å². The molecule has 0 saturated heterocycles. The van der Waals surface area contributed by atoms with Gasteiger partial charge < -0.3 is 15.4 Å². The highest BCUT2D eigenvalue weighted by Gasteiger charge is 2.44. The maximum atomic E-state index is 13.5. The molecule has 0 radical (unpaired) electrons. The molecule has 146 valence electrons. The van der Waals surface area contributed by atoms with Crippen LogP contribution in [0.15, 0.2) is 47.6 Å². The second kappa shape index (κ2) is 9.87. The Morgan fingerprint density at radius 3 is 2.74 bits per heavy atom. The molecule has 1 aromatic heterocycles. The fraction of sp³-hybridized carbons (Fsp3) is 0.400. The van der Waals surface area contributed by atoms with Gasteiger partial charge >= 0.3 is 0 Å². The van der Waals surface area contributed by atoms with Crippen LogP contribution in [0.4, 0.5) is 4.39 Å². The van der Waals surface area contributed by atoms with E-state index < -0.39 is 0 Å². The van der Waals surface area contributed by atoms with E-state index in [2.05, 4.69) is 20.6 Å². The Labute approximate surface area is 176 Å². The van der Waals surface area contributed by atoms with Crippen LogP contribution in [0.2, 0.25) is 0 Å². The maximum Gasteiger partial charge on any atom is 0.213 e. The molecule has 1 aliphatic rings. The first-order valence-corrected chi connectivity index (χ1v) is 8.92. The topological polar surface area (TPSA) is 58.5 Å². The third-order valence-electron chi connectivity index (χ3n) is 4.66. The van der Waals surface area contributed by atoms with Crippen LogP contribution in [0.1, 0.15) is 30.9 Å². The number of ether oxygens (including phenoxy) is 1. The Morgan fingerprint density at radius 1 is 1.26 bits per heavy atom. The molecule has 0 unspecified atom stereocenters. The number of aliphatic imine (C=N–C) groups is 1. The summed E-state index contributed by atoms with van der Waals surface area (Å²) in [5, 5.41) is 6.67. The molecule has 0 aliphatic heterocycles. The number of guanidine groups is 1. The SMILES string of the molecule is CCNC(=NCc1ccnc(OC)c1)NCC1(c2cccc(F)c2)CC1.I. The lowest BCUT2D eigenvalue weighted by Crippen LogP contribution is -2.41. The summed E-state index contributed by atoms with van der Waals surface area (Å²) in [5.74, 6) is 1.16. The van der Waals surface area contributed by atoms with Crippen molar-refractivity contribution in [3.05, 3.63) is 59.5 Å². The summed E-state index contributed by atoms with van der Waals surface area (Å²) in [6, 6.07) is 10.7. The van der Waals surface area contributed by atoms with Gasteiger partial charge in [0.1, 0.15) is 5.82 Å². The lowest BCUT2D eigenvalue weighted by atomic mass is 9.96. The van der Waals surface area contributed by atoms with E-state index in [1.165, 1.54) is 6.07 Å². The molecule has 2 N–H and O–H groups in total. The standard InChI is InChI=1S/C20H25FN4O.HI/c1-3-22-19(24-13-15-7-10-23-18(11-15)26-2)25-14-20(8-9-20)16-5-4-6-17(21)12-16;/h4-7,10-12H,3,8-9,13-14H2,1-2H3,(H2,22,24,25);1H. The molecule has 1 aliphatic carbocycles. The van der Waals surface area contributed by atoms with Crippen molar-refractivity contribution in [1.29, 1.82) is 0 Å². The third kappa shape index (κ3) is 5.79. The van der Waals surface area contributed by atoms with Crippen molar-refractivity contribution in [2.75, 3.05) is 20.2 Å². The Balaban J connectivity index is 0.00000261. The first-order valence-electron chi connectivity index (χ1n) is 8.92. The van der Waals surface area contributed by atoms with Crippen LogP contribution < -0.4 is 15.4 Å². The number of halogens is 2. The molecule has 0 amide bonds. The predicted molar refractivity (Wildman–Crippen MR) is 116 cm³/mol. The molecule has 5 nitrogen and oxygen atoms in total. The Hall–Kier alpha value is -1.90. The molecule has 1 fully saturated rings. The third-order valence-corrected chi connectivity index (χ3v) is 4.66. The predicted octanol–water partition coefficient (Wildman–Crippen LogP) is 3.63. The van der Waals surface area contributed by atoms with Gasteiger partial charge in [0.2, 0.25) is 5.88 Å². The molecule has 27 heavy (non-hydrogen) atoms. The van der Waals surface area contributed by atoms with Crippen LogP contribution in [0.3, 0.4) is 0 Å². The van der Waals surface area contributed by atoms with E-state index in [4.69, 9.17) is 4.74 Å². The number of pyridine rings is 1. The number of hydrogen-bond acceptors (Lipinski definition) is 3. The van der Waals surface area contributed by atoms with Gasteiger partial charge in [-0.15, -0.1) is 24.0 Å². The summed E-state index contributed by atoms with van der Waals surface area (Å²) in [6.45, 7) is 4.08. The zero-order valence-corrected chi connectivity index (χ0v) is 18.0. The minimum absolute atomic E-state index is 0. The monoisotopic (exact) mass is 484 g/mol. The molecule has 2 aromatic rings. The molecule has 1 heterocycles. The van der Waals surface area contributed by atoms with Gasteiger partial charge in [-0.05, 0) is 49.1 Å². The van der Waals surface area contributed by atoms with E-state index in [0.717, 1.165) is 43.0 Å². The second-order valence-corrected chi connectivity index (χ2v) is 6.55. The number of aromatic nitrogens is 1. The van der Waals surface area contributed by atoms with Crippen LogP contribution in [0.25, 0.3) is 0 Å². The summed E-state index contributed by atoms with van der Waals surface area (Å²) in [7, 11) is 1.60. The van der Waals surface area contributed by atoms with Crippen LogP contribution >= 0.6 is 24.0 Å². The fourth-order valence-corrected chi connectivity index (χ4v) is 2.96. The zero-order chi connectivity index (χ0) is 18.4. The fourth-order valence-electron chi connectivity index (χ4n) is 2.96. The van der Waals surface area contributed by atoms with Crippen molar-refractivity contribution in [2.24, 2.45) is 4.99 Å². The molecule has 0 atom stereocenters. The van der Waals surface area contributed by atoms with Crippen molar-refractivity contribution in [3.8, 4) is 5.88 Å². The molecule has 7 heteroatoms. The molecule has 0 spiro atoms. The van der Waals surface area contributed by atoms with Gasteiger partial charge in [-0.1, -0.05) is 12.1 Å². The molecule has 0 bridgehead atoms. The Bertz CT molecular complexity index is 780. The van der Waals surface area contributed by atoms with E-state index in [0.29, 0.717) is 12.4 Å². The zero-order valence-electron chi connectivity index (χ0n) is 15.7. The first kappa shape index (κ1) is 21.4. The average molecular weight is 484 g/mol. The average Bonchev–Trinajstić information content (AvgIpc) is 3.45. The van der Waals surface area contributed by atoms with Gasteiger partial charge in [0.25, 0.3) is 0 Å². The number of hydrogen-bond donors (Lipinski definition) is 2. The van der Waals surface area contributed by atoms with Crippen molar-refractivity contribution < 1.29 is 9.13 Å². The van der Waals surface area contributed by atoms with Crippen LogP contribution in [-0.4, -0.2) is 31.1 Å². The minimum Gasteiger partial charge on any atom is -0.481 e. The van der Waals surface area contributed by atoms with E-state index in [9.17, 15) is 4.39 Å². The summed E-state index contributed by atoms with van der Waals surface area (Å²) < 4.78 is 18.7. The quantitative estimate of drug-likeness (QED) is 0.358.